The van der Waals surface area contributed by atoms with Crippen molar-refractivity contribution >= 4 is 56.3 Å². The lowest BCUT2D eigenvalue weighted by molar-refractivity contribution is -0.118. The summed E-state index contributed by atoms with van der Waals surface area (Å²) in [4.78, 5) is 34.2. The number of fused-ring (bicyclic) bond motifs is 3. The number of rotatable bonds is 6. The first kappa shape index (κ1) is 23.0. The third kappa shape index (κ3) is 4.60. The first-order chi connectivity index (χ1) is 16.5. The van der Waals surface area contributed by atoms with E-state index in [2.05, 4.69) is 10.5 Å². The van der Waals surface area contributed by atoms with Gasteiger partial charge in [0.25, 0.3) is 11.5 Å². The van der Waals surface area contributed by atoms with Gasteiger partial charge < -0.3 is 0 Å². The van der Waals surface area contributed by atoms with Crippen LogP contribution >= 0.6 is 34.4 Å². The Hall–Kier alpha value is -2.75. The average molecular weight is 509 g/mol. The molecule has 174 valence electrons. The fourth-order valence-electron chi connectivity index (χ4n) is 4.05. The standard InChI is InChI=1S/C25H24N4O2S3/c1-15-9-11-17(12-10-15)29-24(31)22-18-6-3-4-7-20(18)34-23(22)26-25(29)33-14-21(30)28-27-16(2)19-8-5-13-32-19/h5,8-13H,3-4,6-7,14H2,1-2H3,(H,28,30)/b27-16+. The third-order valence-electron chi connectivity index (χ3n) is 5.81. The minimum Gasteiger partial charge on any atom is -0.272 e. The Balaban J connectivity index is 1.47. The summed E-state index contributed by atoms with van der Waals surface area (Å²) in [5, 5.41) is 7.44. The van der Waals surface area contributed by atoms with E-state index in [0.29, 0.717) is 5.16 Å². The van der Waals surface area contributed by atoms with Crippen LogP contribution in [0.15, 0.2) is 56.8 Å². The molecule has 0 saturated heterocycles. The Morgan fingerprint density at radius 2 is 2.00 bits per heavy atom. The number of nitrogens with zero attached hydrogens (tertiary/aromatic N) is 3. The molecule has 34 heavy (non-hydrogen) atoms. The van der Waals surface area contributed by atoms with Crippen LogP contribution in [0, 0.1) is 6.92 Å². The number of hydrogen-bond acceptors (Lipinski definition) is 7. The van der Waals surface area contributed by atoms with Crippen LogP contribution in [-0.4, -0.2) is 26.9 Å². The number of carbonyl (C=O) groups excluding carboxylic acids is 1. The highest BCUT2D eigenvalue weighted by Gasteiger charge is 2.23. The van der Waals surface area contributed by atoms with E-state index in [1.807, 2.05) is 55.6 Å². The highest BCUT2D eigenvalue weighted by molar-refractivity contribution is 7.99. The molecule has 0 bridgehead atoms. The number of hydrazone groups is 1. The number of aromatic nitrogens is 2. The number of carbonyl (C=O) groups is 1. The molecule has 5 rings (SSSR count). The molecule has 0 unspecified atom stereocenters. The van der Waals surface area contributed by atoms with Crippen molar-refractivity contribution in [3.63, 3.8) is 0 Å². The van der Waals surface area contributed by atoms with Crippen molar-refractivity contribution in [2.75, 3.05) is 5.75 Å². The average Bonchev–Trinajstić information content (AvgIpc) is 3.50. The van der Waals surface area contributed by atoms with Crippen molar-refractivity contribution in [3.8, 4) is 5.69 Å². The summed E-state index contributed by atoms with van der Waals surface area (Å²) in [5.41, 5.74) is 6.37. The first-order valence-corrected chi connectivity index (χ1v) is 13.8. The highest BCUT2D eigenvalue weighted by Crippen LogP contribution is 2.35. The lowest BCUT2D eigenvalue weighted by Crippen LogP contribution is -2.24. The van der Waals surface area contributed by atoms with Crippen molar-refractivity contribution in [1.82, 2.24) is 15.0 Å². The number of nitrogens with one attached hydrogen (secondary N) is 1. The fourth-order valence-corrected chi connectivity index (χ4v) is 6.84. The Kier molecular flexibility index (Phi) is 6.67. The Morgan fingerprint density at radius 1 is 1.21 bits per heavy atom. The molecule has 0 atom stereocenters. The van der Waals surface area contributed by atoms with E-state index in [1.165, 1.54) is 16.6 Å². The maximum Gasteiger partial charge on any atom is 0.267 e. The van der Waals surface area contributed by atoms with Gasteiger partial charge in [-0.05, 0) is 68.7 Å². The lowest BCUT2D eigenvalue weighted by Gasteiger charge is -2.13. The van der Waals surface area contributed by atoms with Gasteiger partial charge in [-0.1, -0.05) is 35.5 Å². The number of aryl methyl sites for hydroxylation is 3. The topological polar surface area (TPSA) is 76.3 Å². The summed E-state index contributed by atoms with van der Waals surface area (Å²) in [6, 6.07) is 11.7. The minimum absolute atomic E-state index is 0.0530. The molecule has 0 radical (unpaired) electrons. The Labute approximate surface area is 209 Å². The number of hydrogen-bond donors (Lipinski definition) is 1. The van der Waals surface area contributed by atoms with Crippen LogP contribution in [0.4, 0.5) is 0 Å². The van der Waals surface area contributed by atoms with Crippen LogP contribution in [0.3, 0.4) is 0 Å². The van der Waals surface area contributed by atoms with Crippen molar-refractivity contribution in [1.29, 1.82) is 0 Å². The maximum atomic E-state index is 13.8. The quantitative estimate of drug-likeness (QED) is 0.165. The van der Waals surface area contributed by atoms with E-state index < -0.39 is 0 Å². The molecule has 0 spiro atoms. The first-order valence-electron chi connectivity index (χ1n) is 11.2. The summed E-state index contributed by atoms with van der Waals surface area (Å²) >= 11 is 4.45. The summed E-state index contributed by atoms with van der Waals surface area (Å²) in [6.45, 7) is 3.88. The summed E-state index contributed by atoms with van der Waals surface area (Å²) in [5.74, 6) is -0.132. The van der Waals surface area contributed by atoms with Crippen LogP contribution in [-0.2, 0) is 17.6 Å². The minimum atomic E-state index is -0.240. The smallest absolute Gasteiger partial charge is 0.267 e. The molecular weight excluding hydrogens is 485 g/mol. The number of benzene rings is 1. The molecule has 4 aromatic rings. The molecular formula is C25H24N4O2S3. The summed E-state index contributed by atoms with van der Waals surface area (Å²) in [7, 11) is 0. The molecule has 1 amide bonds. The van der Waals surface area contributed by atoms with Gasteiger partial charge in [0.05, 0.1) is 22.5 Å². The summed E-state index contributed by atoms with van der Waals surface area (Å²) < 4.78 is 1.65. The number of amides is 1. The molecule has 0 fully saturated rings. The molecule has 1 N–H and O–H groups in total. The molecule has 3 heterocycles. The zero-order chi connectivity index (χ0) is 23.7. The van der Waals surface area contributed by atoms with Crippen molar-refractivity contribution in [3.05, 3.63) is 73.0 Å². The maximum absolute atomic E-state index is 13.8. The van der Waals surface area contributed by atoms with Gasteiger partial charge in [-0.2, -0.15) is 5.10 Å². The Bertz CT molecular complexity index is 1430. The highest BCUT2D eigenvalue weighted by atomic mass is 32.2. The molecule has 1 aliphatic carbocycles. The number of thioether (sulfide) groups is 1. The van der Waals surface area contributed by atoms with E-state index >= 15 is 0 Å². The second-order valence-corrected chi connectivity index (χ2v) is 11.2. The van der Waals surface area contributed by atoms with Crippen LogP contribution in [0.5, 0.6) is 0 Å². The van der Waals surface area contributed by atoms with E-state index in [1.54, 1.807) is 27.2 Å². The predicted molar refractivity (Wildman–Crippen MR) is 142 cm³/mol. The van der Waals surface area contributed by atoms with Gasteiger partial charge >= 0.3 is 0 Å². The number of thiophene rings is 2. The normalized spacial score (nSPS) is 13.8. The van der Waals surface area contributed by atoms with Gasteiger partial charge in [-0.3, -0.25) is 14.2 Å². The molecule has 1 aliphatic rings. The van der Waals surface area contributed by atoms with Crippen molar-refractivity contribution in [2.24, 2.45) is 5.10 Å². The van der Waals surface area contributed by atoms with Crippen LogP contribution in [0.1, 0.15) is 40.6 Å². The molecule has 9 heteroatoms. The third-order valence-corrected chi connectivity index (χ3v) is 8.91. The van der Waals surface area contributed by atoms with Gasteiger partial charge in [-0.15, -0.1) is 22.7 Å². The molecule has 1 aromatic carbocycles. The molecule has 3 aromatic heterocycles. The van der Waals surface area contributed by atoms with Gasteiger partial charge in [-0.25, -0.2) is 10.4 Å². The van der Waals surface area contributed by atoms with Crippen LogP contribution < -0.4 is 11.0 Å². The predicted octanol–water partition coefficient (Wildman–Crippen LogP) is 5.33. The molecule has 0 saturated carbocycles. The second kappa shape index (κ2) is 9.85. The van der Waals surface area contributed by atoms with E-state index in [-0.39, 0.29) is 17.2 Å². The van der Waals surface area contributed by atoms with Gasteiger partial charge in [0.1, 0.15) is 4.83 Å². The molecule has 6 nitrogen and oxygen atoms in total. The van der Waals surface area contributed by atoms with Crippen LogP contribution in [0.25, 0.3) is 15.9 Å². The van der Waals surface area contributed by atoms with Crippen molar-refractivity contribution < 1.29 is 4.79 Å². The van der Waals surface area contributed by atoms with Crippen LogP contribution in [0.2, 0.25) is 0 Å². The van der Waals surface area contributed by atoms with Crippen molar-refractivity contribution in [2.45, 2.75) is 44.7 Å². The summed E-state index contributed by atoms with van der Waals surface area (Å²) in [6.07, 6.45) is 4.19. The zero-order valence-corrected chi connectivity index (χ0v) is 21.4. The van der Waals surface area contributed by atoms with Gasteiger partial charge in [0.15, 0.2) is 5.16 Å². The Morgan fingerprint density at radius 3 is 2.76 bits per heavy atom. The van der Waals surface area contributed by atoms with E-state index in [9.17, 15) is 9.59 Å². The molecule has 0 aliphatic heterocycles. The van der Waals surface area contributed by atoms with E-state index in [0.717, 1.165) is 63.3 Å². The second-order valence-electron chi connectivity index (χ2n) is 8.26. The van der Waals surface area contributed by atoms with Gasteiger partial charge in [0.2, 0.25) is 0 Å². The monoisotopic (exact) mass is 508 g/mol. The largest absolute Gasteiger partial charge is 0.272 e. The zero-order valence-electron chi connectivity index (χ0n) is 19.0. The lowest BCUT2D eigenvalue weighted by atomic mass is 9.97. The van der Waals surface area contributed by atoms with E-state index in [4.69, 9.17) is 4.98 Å². The fraction of sp³-hybridized carbons (Fsp3) is 0.280. The SMILES string of the molecule is C/C(=N\NC(=O)CSc1nc2sc3c(c2c(=O)n1-c1ccc(C)cc1)CCCC3)c1cccs1. The van der Waals surface area contributed by atoms with Gasteiger partial charge in [0, 0.05) is 9.75 Å².